The summed E-state index contributed by atoms with van der Waals surface area (Å²) in [5.74, 6) is -1.05. The molecule has 1 atom stereocenters. The second-order valence-corrected chi connectivity index (χ2v) is 7.55. The van der Waals surface area contributed by atoms with E-state index in [0.29, 0.717) is 18.8 Å². The third kappa shape index (κ3) is 3.53. The molecule has 1 unspecified atom stereocenters. The summed E-state index contributed by atoms with van der Waals surface area (Å²) in [6.07, 6.45) is 1.77. The molecule has 7 nitrogen and oxygen atoms in total. The van der Waals surface area contributed by atoms with Gasteiger partial charge >= 0.3 is 10.2 Å². The van der Waals surface area contributed by atoms with Gasteiger partial charge in [-0.15, -0.1) is 0 Å². The van der Waals surface area contributed by atoms with Crippen LogP contribution >= 0.6 is 0 Å². The molecule has 0 bridgehead atoms. The Morgan fingerprint density at radius 1 is 1.26 bits per heavy atom. The smallest absolute Gasteiger partial charge is 0.303 e. The van der Waals surface area contributed by atoms with E-state index >= 15 is 0 Å². The SMILES string of the molecule is O=C1CC(CC(=O)NS(=O)(=O)N2CCCC2)c2ccccc2N1. The second kappa shape index (κ2) is 6.29. The van der Waals surface area contributed by atoms with Crippen LogP contribution in [0.15, 0.2) is 24.3 Å². The third-order valence-corrected chi connectivity index (χ3v) is 5.72. The third-order valence-electron chi connectivity index (χ3n) is 4.19. The summed E-state index contributed by atoms with van der Waals surface area (Å²) in [6, 6.07) is 7.27. The molecule has 1 saturated heterocycles. The molecule has 2 amide bonds. The van der Waals surface area contributed by atoms with Crippen molar-refractivity contribution in [1.82, 2.24) is 9.03 Å². The molecule has 0 saturated carbocycles. The Morgan fingerprint density at radius 2 is 1.96 bits per heavy atom. The summed E-state index contributed by atoms with van der Waals surface area (Å²) in [5.41, 5.74) is 1.55. The van der Waals surface area contributed by atoms with Crippen LogP contribution in [0.4, 0.5) is 5.69 Å². The predicted octanol–water partition coefficient (Wildman–Crippen LogP) is 0.959. The molecule has 0 radical (unpaired) electrons. The summed E-state index contributed by atoms with van der Waals surface area (Å²) in [6.45, 7) is 0.883. The first-order valence-corrected chi connectivity index (χ1v) is 9.09. The highest BCUT2D eigenvalue weighted by Crippen LogP contribution is 2.34. The monoisotopic (exact) mass is 337 g/mol. The number of carbonyl (C=O) groups is 2. The van der Waals surface area contributed by atoms with Crippen molar-refractivity contribution < 1.29 is 18.0 Å². The summed E-state index contributed by atoms with van der Waals surface area (Å²) in [7, 11) is -3.77. The first kappa shape index (κ1) is 15.9. The number of nitrogens with zero attached hydrogens (tertiary/aromatic N) is 1. The largest absolute Gasteiger partial charge is 0.326 e. The fourth-order valence-electron chi connectivity index (χ4n) is 3.09. The number of rotatable bonds is 4. The lowest BCUT2D eigenvalue weighted by atomic mass is 9.88. The molecule has 0 spiro atoms. The van der Waals surface area contributed by atoms with E-state index < -0.39 is 16.1 Å². The van der Waals surface area contributed by atoms with Crippen molar-refractivity contribution in [2.24, 2.45) is 0 Å². The van der Waals surface area contributed by atoms with Crippen LogP contribution in [0.5, 0.6) is 0 Å². The van der Waals surface area contributed by atoms with Gasteiger partial charge in [-0.05, 0) is 24.5 Å². The first-order chi connectivity index (χ1) is 11.0. The number of benzene rings is 1. The highest BCUT2D eigenvalue weighted by Gasteiger charge is 2.30. The van der Waals surface area contributed by atoms with E-state index in [0.717, 1.165) is 18.4 Å². The van der Waals surface area contributed by atoms with Crippen molar-refractivity contribution >= 4 is 27.7 Å². The fourth-order valence-corrected chi connectivity index (χ4v) is 4.33. The van der Waals surface area contributed by atoms with Crippen molar-refractivity contribution in [2.75, 3.05) is 18.4 Å². The Bertz CT molecular complexity index is 726. The van der Waals surface area contributed by atoms with Crippen LogP contribution in [0.1, 0.15) is 37.2 Å². The Morgan fingerprint density at radius 3 is 2.70 bits per heavy atom. The lowest BCUT2D eigenvalue weighted by Gasteiger charge is -2.25. The zero-order valence-corrected chi connectivity index (χ0v) is 13.4. The van der Waals surface area contributed by atoms with Gasteiger partial charge in [-0.1, -0.05) is 18.2 Å². The van der Waals surface area contributed by atoms with E-state index in [-0.39, 0.29) is 24.7 Å². The van der Waals surface area contributed by atoms with Crippen LogP contribution in [0.3, 0.4) is 0 Å². The molecule has 124 valence electrons. The van der Waals surface area contributed by atoms with Crippen molar-refractivity contribution in [3.05, 3.63) is 29.8 Å². The van der Waals surface area contributed by atoms with Gasteiger partial charge in [0.15, 0.2) is 0 Å². The minimum absolute atomic E-state index is 0.0303. The Balaban J connectivity index is 1.69. The maximum Gasteiger partial charge on any atom is 0.303 e. The van der Waals surface area contributed by atoms with Gasteiger partial charge in [0, 0.05) is 37.5 Å². The highest BCUT2D eigenvalue weighted by atomic mass is 32.2. The minimum atomic E-state index is -3.77. The number of nitrogens with one attached hydrogen (secondary N) is 2. The van der Waals surface area contributed by atoms with Gasteiger partial charge in [-0.25, -0.2) is 4.72 Å². The summed E-state index contributed by atoms with van der Waals surface area (Å²) >= 11 is 0. The van der Waals surface area contributed by atoms with Crippen molar-refractivity contribution in [3.63, 3.8) is 0 Å². The van der Waals surface area contributed by atoms with Gasteiger partial charge in [-0.3, -0.25) is 9.59 Å². The van der Waals surface area contributed by atoms with Gasteiger partial charge < -0.3 is 5.32 Å². The number of hydrogen-bond acceptors (Lipinski definition) is 4. The van der Waals surface area contributed by atoms with E-state index in [1.165, 1.54) is 4.31 Å². The Kier molecular flexibility index (Phi) is 4.36. The average Bonchev–Trinajstić information content (AvgIpc) is 3.01. The first-order valence-electron chi connectivity index (χ1n) is 7.65. The van der Waals surface area contributed by atoms with Gasteiger partial charge in [0.2, 0.25) is 11.8 Å². The number of carbonyl (C=O) groups excluding carboxylic acids is 2. The quantitative estimate of drug-likeness (QED) is 0.855. The van der Waals surface area contributed by atoms with Crippen LogP contribution in [0.25, 0.3) is 0 Å². The number of para-hydroxylation sites is 1. The highest BCUT2D eigenvalue weighted by molar-refractivity contribution is 7.87. The van der Waals surface area contributed by atoms with Crippen molar-refractivity contribution in [1.29, 1.82) is 0 Å². The molecule has 1 fully saturated rings. The van der Waals surface area contributed by atoms with E-state index in [1.807, 2.05) is 12.1 Å². The molecular formula is C15H19N3O4S. The zero-order valence-electron chi connectivity index (χ0n) is 12.6. The molecule has 0 aliphatic carbocycles. The van der Waals surface area contributed by atoms with E-state index in [2.05, 4.69) is 10.0 Å². The zero-order chi connectivity index (χ0) is 16.4. The Labute approximate surface area is 135 Å². The molecule has 23 heavy (non-hydrogen) atoms. The van der Waals surface area contributed by atoms with Gasteiger partial charge in [0.1, 0.15) is 0 Å². The Hall–Kier alpha value is -1.93. The van der Waals surface area contributed by atoms with Crippen LogP contribution in [0, 0.1) is 0 Å². The number of fused-ring (bicyclic) bond motifs is 1. The molecule has 2 heterocycles. The predicted molar refractivity (Wildman–Crippen MR) is 84.9 cm³/mol. The normalized spacial score (nSPS) is 21.6. The lowest BCUT2D eigenvalue weighted by Crippen LogP contribution is -2.42. The van der Waals surface area contributed by atoms with Crippen LogP contribution in [0.2, 0.25) is 0 Å². The number of hydrogen-bond donors (Lipinski definition) is 2. The van der Waals surface area contributed by atoms with Gasteiger partial charge in [0.25, 0.3) is 0 Å². The summed E-state index contributed by atoms with van der Waals surface area (Å²) < 4.78 is 27.6. The van der Waals surface area contributed by atoms with Crippen LogP contribution in [-0.2, 0) is 19.8 Å². The van der Waals surface area contributed by atoms with Gasteiger partial charge in [0.05, 0.1) is 0 Å². The topological polar surface area (TPSA) is 95.6 Å². The van der Waals surface area contributed by atoms with Crippen molar-refractivity contribution in [3.8, 4) is 0 Å². The van der Waals surface area contributed by atoms with E-state index in [9.17, 15) is 18.0 Å². The lowest BCUT2D eigenvalue weighted by molar-refractivity contribution is -0.120. The van der Waals surface area contributed by atoms with Crippen LogP contribution in [-0.4, -0.2) is 37.6 Å². The standard InChI is InChI=1S/C15H19N3O4S/c19-14-9-11(12-5-1-2-6-13(12)16-14)10-15(20)17-23(21,22)18-7-3-4-8-18/h1-2,5-6,11H,3-4,7-10H2,(H,16,19)(H,17,20). The second-order valence-electron chi connectivity index (χ2n) is 5.88. The maximum absolute atomic E-state index is 12.2. The van der Waals surface area contributed by atoms with E-state index in [4.69, 9.17) is 0 Å². The molecule has 0 aromatic heterocycles. The fraction of sp³-hybridized carbons (Fsp3) is 0.467. The molecule has 2 aliphatic heterocycles. The summed E-state index contributed by atoms with van der Waals surface area (Å²) in [4.78, 5) is 23.9. The maximum atomic E-state index is 12.2. The molecule has 3 rings (SSSR count). The van der Waals surface area contributed by atoms with E-state index in [1.54, 1.807) is 12.1 Å². The molecule has 2 N–H and O–H groups in total. The molecule has 1 aromatic rings. The molecular weight excluding hydrogens is 318 g/mol. The number of anilines is 1. The molecule has 8 heteroatoms. The number of amides is 2. The molecule has 1 aromatic carbocycles. The molecule has 2 aliphatic rings. The van der Waals surface area contributed by atoms with Gasteiger partial charge in [-0.2, -0.15) is 12.7 Å². The minimum Gasteiger partial charge on any atom is -0.326 e. The average molecular weight is 337 g/mol. The van der Waals surface area contributed by atoms with Crippen LogP contribution < -0.4 is 10.0 Å². The van der Waals surface area contributed by atoms with Crippen molar-refractivity contribution in [2.45, 2.75) is 31.6 Å². The summed E-state index contributed by atoms with van der Waals surface area (Å²) in [5, 5.41) is 2.76.